The van der Waals surface area contributed by atoms with Crippen molar-refractivity contribution in [1.29, 1.82) is 0 Å². The van der Waals surface area contributed by atoms with Crippen LogP contribution in [0.15, 0.2) is 54.3 Å². The van der Waals surface area contributed by atoms with E-state index in [0.717, 1.165) is 11.8 Å². The molecule has 1 heteroatoms. The fourth-order valence-corrected chi connectivity index (χ4v) is 1.93. The predicted octanol–water partition coefficient (Wildman–Crippen LogP) is 3.19. The standard InChI is InChI=1S/C13H13N/c1-2-4-12(5-3-1)14-13-7-6-10-8-11(10)9-13/h1-7,9-11,14H,8H2. The smallest absolute Gasteiger partial charge is 0.0384 e. The SMILES string of the molecule is C1=CC2CC2C=C1Nc1ccccc1. The molecule has 0 aromatic heterocycles. The van der Waals surface area contributed by atoms with Gasteiger partial charge in [0.2, 0.25) is 0 Å². The van der Waals surface area contributed by atoms with Gasteiger partial charge in [0.05, 0.1) is 0 Å². The first-order valence-electron chi connectivity index (χ1n) is 5.14. The van der Waals surface area contributed by atoms with E-state index < -0.39 is 0 Å². The Labute approximate surface area is 84.1 Å². The molecule has 14 heavy (non-hydrogen) atoms. The van der Waals surface area contributed by atoms with Crippen LogP contribution >= 0.6 is 0 Å². The first-order chi connectivity index (χ1) is 6.92. The van der Waals surface area contributed by atoms with Gasteiger partial charge in [-0.25, -0.2) is 0 Å². The minimum absolute atomic E-state index is 0.811. The van der Waals surface area contributed by atoms with E-state index in [4.69, 9.17) is 0 Å². The molecule has 2 unspecified atom stereocenters. The molecule has 0 radical (unpaired) electrons. The van der Waals surface area contributed by atoms with Crippen molar-refractivity contribution < 1.29 is 0 Å². The Kier molecular flexibility index (Phi) is 1.69. The molecule has 1 fully saturated rings. The van der Waals surface area contributed by atoms with Crippen molar-refractivity contribution in [2.24, 2.45) is 11.8 Å². The summed E-state index contributed by atoms with van der Waals surface area (Å²) in [6.45, 7) is 0. The van der Waals surface area contributed by atoms with Gasteiger partial charge in [-0.2, -0.15) is 0 Å². The van der Waals surface area contributed by atoms with E-state index in [1.54, 1.807) is 0 Å². The number of fused-ring (bicyclic) bond motifs is 1. The zero-order chi connectivity index (χ0) is 9.38. The third kappa shape index (κ3) is 1.46. The van der Waals surface area contributed by atoms with Gasteiger partial charge in [-0.3, -0.25) is 0 Å². The summed E-state index contributed by atoms with van der Waals surface area (Å²) in [5, 5.41) is 3.41. The molecule has 0 spiro atoms. The van der Waals surface area contributed by atoms with Gasteiger partial charge in [-0.05, 0) is 36.5 Å². The fraction of sp³-hybridized carbons (Fsp3) is 0.231. The summed E-state index contributed by atoms with van der Waals surface area (Å²) in [6.07, 6.45) is 8.20. The van der Waals surface area contributed by atoms with Crippen LogP contribution in [-0.2, 0) is 0 Å². The maximum atomic E-state index is 3.41. The third-order valence-electron chi connectivity index (χ3n) is 2.87. The number of para-hydroxylation sites is 1. The molecular weight excluding hydrogens is 170 g/mol. The number of allylic oxidation sites excluding steroid dienone is 3. The number of hydrogen-bond donors (Lipinski definition) is 1. The zero-order valence-electron chi connectivity index (χ0n) is 7.98. The molecule has 1 aromatic carbocycles. The lowest BCUT2D eigenvalue weighted by atomic mass is 10.1. The number of nitrogens with one attached hydrogen (secondary N) is 1. The van der Waals surface area contributed by atoms with Gasteiger partial charge in [0.1, 0.15) is 0 Å². The molecule has 0 bridgehead atoms. The number of benzene rings is 1. The highest BCUT2D eigenvalue weighted by Gasteiger charge is 2.34. The van der Waals surface area contributed by atoms with E-state index in [-0.39, 0.29) is 0 Å². The minimum Gasteiger partial charge on any atom is -0.356 e. The van der Waals surface area contributed by atoms with Crippen LogP contribution in [-0.4, -0.2) is 0 Å². The Bertz CT molecular complexity index is 389. The minimum atomic E-state index is 0.811. The number of anilines is 1. The van der Waals surface area contributed by atoms with Gasteiger partial charge in [0, 0.05) is 11.4 Å². The van der Waals surface area contributed by atoms with Crippen LogP contribution in [0.1, 0.15) is 6.42 Å². The summed E-state index contributed by atoms with van der Waals surface area (Å²) >= 11 is 0. The molecule has 2 aliphatic carbocycles. The van der Waals surface area contributed by atoms with Crippen LogP contribution in [0.2, 0.25) is 0 Å². The van der Waals surface area contributed by atoms with Crippen molar-refractivity contribution in [3.8, 4) is 0 Å². The molecular formula is C13H13N. The molecule has 0 aliphatic heterocycles. The maximum Gasteiger partial charge on any atom is 0.0384 e. The Balaban J connectivity index is 1.76. The molecule has 1 aromatic rings. The van der Waals surface area contributed by atoms with Crippen LogP contribution in [0.25, 0.3) is 0 Å². The number of hydrogen-bond acceptors (Lipinski definition) is 1. The molecule has 3 rings (SSSR count). The summed E-state index contributed by atoms with van der Waals surface area (Å²) in [6, 6.07) is 10.3. The fourth-order valence-electron chi connectivity index (χ4n) is 1.93. The van der Waals surface area contributed by atoms with Crippen LogP contribution in [0.5, 0.6) is 0 Å². The van der Waals surface area contributed by atoms with Crippen LogP contribution in [0, 0.1) is 11.8 Å². The summed E-state index contributed by atoms with van der Waals surface area (Å²) in [5.41, 5.74) is 2.41. The molecule has 0 heterocycles. The second kappa shape index (κ2) is 3.02. The van der Waals surface area contributed by atoms with Crippen molar-refractivity contribution in [3.63, 3.8) is 0 Å². The lowest BCUT2D eigenvalue weighted by Crippen LogP contribution is -1.99. The Morgan fingerprint density at radius 1 is 1.07 bits per heavy atom. The third-order valence-corrected chi connectivity index (χ3v) is 2.87. The van der Waals surface area contributed by atoms with Gasteiger partial charge in [-0.1, -0.05) is 30.4 Å². The topological polar surface area (TPSA) is 12.0 Å². The summed E-state index contributed by atoms with van der Waals surface area (Å²) in [5.74, 6) is 1.66. The molecule has 2 atom stereocenters. The van der Waals surface area contributed by atoms with Crippen molar-refractivity contribution in [2.75, 3.05) is 5.32 Å². The maximum absolute atomic E-state index is 3.41. The highest BCUT2D eigenvalue weighted by molar-refractivity contribution is 5.52. The quantitative estimate of drug-likeness (QED) is 0.742. The molecule has 1 N–H and O–H groups in total. The number of rotatable bonds is 2. The average molecular weight is 183 g/mol. The van der Waals surface area contributed by atoms with E-state index in [1.165, 1.54) is 17.8 Å². The van der Waals surface area contributed by atoms with Crippen molar-refractivity contribution in [2.45, 2.75) is 6.42 Å². The molecule has 1 nitrogen and oxygen atoms in total. The van der Waals surface area contributed by atoms with E-state index in [2.05, 4.69) is 47.8 Å². The molecule has 0 saturated heterocycles. The first-order valence-corrected chi connectivity index (χ1v) is 5.14. The van der Waals surface area contributed by atoms with Crippen molar-refractivity contribution in [1.82, 2.24) is 0 Å². The van der Waals surface area contributed by atoms with Crippen LogP contribution in [0.4, 0.5) is 5.69 Å². The van der Waals surface area contributed by atoms with E-state index in [0.29, 0.717) is 0 Å². The second-order valence-corrected chi connectivity index (χ2v) is 4.04. The van der Waals surface area contributed by atoms with E-state index >= 15 is 0 Å². The highest BCUT2D eigenvalue weighted by Crippen LogP contribution is 2.44. The van der Waals surface area contributed by atoms with E-state index in [9.17, 15) is 0 Å². The molecule has 1 saturated carbocycles. The molecule has 2 aliphatic rings. The monoisotopic (exact) mass is 183 g/mol. The average Bonchev–Trinajstić information content (AvgIpc) is 2.97. The largest absolute Gasteiger partial charge is 0.356 e. The summed E-state index contributed by atoms with van der Waals surface area (Å²) in [4.78, 5) is 0. The molecule has 0 amide bonds. The van der Waals surface area contributed by atoms with Gasteiger partial charge < -0.3 is 5.32 Å². The van der Waals surface area contributed by atoms with Crippen LogP contribution < -0.4 is 5.32 Å². The Hall–Kier alpha value is -1.50. The lowest BCUT2D eigenvalue weighted by Gasteiger charge is -2.09. The zero-order valence-corrected chi connectivity index (χ0v) is 7.98. The van der Waals surface area contributed by atoms with Gasteiger partial charge in [0.15, 0.2) is 0 Å². The van der Waals surface area contributed by atoms with Gasteiger partial charge >= 0.3 is 0 Å². The predicted molar refractivity (Wildman–Crippen MR) is 58.9 cm³/mol. The summed E-state index contributed by atoms with van der Waals surface area (Å²) < 4.78 is 0. The summed E-state index contributed by atoms with van der Waals surface area (Å²) in [7, 11) is 0. The Morgan fingerprint density at radius 3 is 2.71 bits per heavy atom. The van der Waals surface area contributed by atoms with Crippen LogP contribution in [0.3, 0.4) is 0 Å². The van der Waals surface area contributed by atoms with Gasteiger partial charge in [0.25, 0.3) is 0 Å². The van der Waals surface area contributed by atoms with Gasteiger partial charge in [-0.15, -0.1) is 0 Å². The highest BCUT2D eigenvalue weighted by atomic mass is 14.9. The Morgan fingerprint density at radius 2 is 1.93 bits per heavy atom. The molecule has 70 valence electrons. The van der Waals surface area contributed by atoms with Crippen molar-refractivity contribution >= 4 is 5.69 Å². The van der Waals surface area contributed by atoms with E-state index in [1.807, 2.05) is 6.07 Å². The van der Waals surface area contributed by atoms with Crippen molar-refractivity contribution in [3.05, 3.63) is 54.3 Å². The second-order valence-electron chi connectivity index (χ2n) is 4.04. The normalized spacial score (nSPS) is 27.9. The first kappa shape index (κ1) is 7.86. The lowest BCUT2D eigenvalue weighted by molar-refractivity contribution is 0.965.